The van der Waals surface area contributed by atoms with Gasteiger partial charge in [-0.25, -0.2) is 0 Å². The van der Waals surface area contributed by atoms with Crippen LogP contribution in [0.3, 0.4) is 0 Å². The molecule has 2 aliphatic heterocycles. The van der Waals surface area contributed by atoms with Crippen molar-refractivity contribution in [2.24, 2.45) is 0 Å². The molecular formula is C51H38BNO2. The fourth-order valence-corrected chi connectivity index (χ4v) is 9.25. The highest BCUT2D eigenvalue weighted by Gasteiger charge is 2.41. The first-order valence-electron chi connectivity index (χ1n) is 19.2. The van der Waals surface area contributed by atoms with Crippen LogP contribution in [-0.4, -0.2) is 11.3 Å². The third kappa shape index (κ3) is 4.84. The van der Waals surface area contributed by atoms with Crippen LogP contribution in [0.1, 0.15) is 31.9 Å². The van der Waals surface area contributed by atoms with Crippen LogP contribution in [0.5, 0.6) is 23.0 Å². The summed E-state index contributed by atoms with van der Waals surface area (Å²) in [6, 6.07) is 57.2. The second-order valence-electron chi connectivity index (χ2n) is 16.1. The van der Waals surface area contributed by atoms with Gasteiger partial charge >= 0.3 is 0 Å². The molecule has 0 radical (unpaired) electrons. The molecule has 8 aromatic carbocycles. The van der Waals surface area contributed by atoms with Gasteiger partial charge in [0.05, 0.1) is 16.7 Å². The molecule has 4 heteroatoms. The van der Waals surface area contributed by atoms with Gasteiger partial charge in [0, 0.05) is 28.4 Å². The Balaban J connectivity index is 1.16. The zero-order valence-corrected chi connectivity index (χ0v) is 31.4. The Hall–Kier alpha value is -6.52. The number of aromatic nitrogens is 1. The molecule has 0 fully saturated rings. The van der Waals surface area contributed by atoms with Gasteiger partial charge in [-0.2, -0.15) is 0 Å². The molecule has 0 saturated carbocycles. The zero-order valence-electron chi connectivity index (χ0n) is 31.4. The Bertz CT molecular complexity index is 3060. The zero-order chi connectivity index (χ0) is 37.0. The van der Waals surface area contributed by atoms with E-state index in [9.17, 15) is 0 Å². The summed E-state index contributed by atoms with van der Waals surface area (Å²) in [6.07, 6.45) is 0. The van der Waals surface area contributed by atoms with Gasteiger partial charge in [0.1, 0.15) is 23.0 Å². The first kappa shape index (κ1) is 32.0. The standard InChI is InChI=1S/C51H38BNO2/c1-31-13-5-7-15-36(31)33-21-24-41-45(27-33)54-47-29-35(53-43-20-12-10-18-39(43)49-38-17-8-6-14-32(38)23-26-44(49)53)30-48-50(47)52(41)42-25-22-34(28-46(42)55-48)37-16-9-11-19-40(37)51(2,3)4/h5-30H,1-4H3. The Morgan fingerprint density at radius 1 is 0.509 bits per heavy atom. The van der Waals surface area contributed by atoms with Crippen molar-refractivity contribution < 1.29 is 9.47 Å². The maximum atomic E-state index is 7.08. The van der Waals surface area contributed by atoms with Crippen molar-refractivity contribution in [1.29, 1.82) is 0 Å². The van der Waals surface area contributed by atoms with E-state index in [0.717, 1.165) is 67.2 Å². The van der Waals surface area contributed by atoms with Gasteiger partial charge < -0.3 is 14.0 Å². The van der Waals surface area contributed by atoms with Crippen LogP contribution in [0, 0.1) is 6.92 Å². The van der Waals surface area contributed by atoms with E-state index >= 15 is 0 Å². The second-order valence-corrected chi connectivity index (χ2v) is 16.1. The predicted octanol–water partition coefficient (Wildman–Crippen LogP) is 11.6. The third-order valence-electron chi connectivity index (χ3n) is 11.8. The summed E-state index contributed by atoms with van der Waals surface area (Å²) in [5.74, 6) is 3.41. The fraction of sp³-hybridized carbons (Fsp3) is 0.0980. The topological polar surface area (TPSA) is 23.4 Å². The summed E-state index contributed by atoms with van der Waals surface area (Å²) in [7, 11) is 0. The Morgan fingerprint density at radius 3 is 1.82 bits per heavy atom. The first-order valence-corrected chi connectivity index (χ1v) is 19.2. The molecule has 9 aromatic rings. The van der Waals surface area contributed by atoms with E-state index in [1.807, 2.05) is 0 Å². The SMILES string of the molecule is Cc1ccccc1-c1ccc2c(c1)Oc1cc(-n3c4ccccc4c4c5ccccc5ccc43)cc3c1B2c1ccc(-c2ccccc2C(C)(C)C)cc1O3. The average molecular weight is 708 g/mol. The molecule has 262 valence electrons. The second kappa shape index (κ2) is 11.7. The third-order valence-corrected chi connectivity index (χ3v) is 11.8. The first-order chi connectivity index (χ1) is 26.8. The smallest absolute Gasteiger partial charge is 0.260 e. The number of fused-ring (bicyclic) bond motifs is 9. The molecule has 0 saturated heterocycles. The number of hydrogen-bond acceptors (Lipinski definition) is 2. The lowest BCUT2D eigenvalue weighted by Crippen LogP contribution is -2.57. The lowest BCUT2D eigenvalue weighted by atomic mass is 9.34. The molecule has 0 atom stereocenters. The minimum Gasteiger partial charge on any atom is -0.458 e. The van der Waals surface area contributed by atoms with E-state index in [0.29, 0.717) is 0 Å². The lowest BCUT2D eigenvalue weighted by Gasteiger charge is -2.34. The van der Waals surface area contributed by atoms with Crippen molar-refractivity contribution in [2.75, 3.05) is 0 Å². The van der Waals surface area contributed by atoms with Crippen LogP contribution in [0.25, 0.3) is 60.5 Å². The summed E-state index contributed by atoms with van der Waals surface area (Å²) in [4.78, 5) is 0. The van der Waals surface area contributed by atoms with Crippen LogP contribution in [0.2, 0.25) is 0 Å². The minimum atomic E-state index is -0.0496. The number of benzene rings is 8. The fourth-order valence-electron chi connectivity index (χ4n) is 9.25. The van der Waals surface area contributed by atoms with Crippen molar-refractivity contribution in [3.8, 4) is 50.9 Å². The highest BCUT2D eigenvalue weighted by molar-refractivity contribution is 6.98. The number of rotatable bonds is 3. The van der Waals surface area contributed by atoms with Crippen molar-refractivity contribution >= 4 is 55.7 Å². The molecular weight excluding hydrogens is 669 g/mol. The van der Waals surface area contributed by atoms with Gasteiger partial charge in [0.2, 0.25) is 0 Å². The molecule has 2 aliphatic rings. The van der Waals surface area contributed by atoms with Crippen molar-refractivity contribution in [1.82, 2.24) is 4.57 Å². The maximum Gasteiger partial charge on any atom is 0.260 e. The quantitative estimate of drug-likeness (QED) is 0.171. The van der Waals surface area contributed by atoms with Gasteiger partial charge in [-0.3, -0.25) is 0 Å². The van der Waals surface area contributed by atoms with E-state index in [4.69, 9.17) is 9.47 Å². The molecule has 0 amide bonds. The Kier molecular flexibility index (Phi) is 6.82. The van der Waals surface area contributed by atoms with Gasteiger partial charge in [-0.15, -0.1) is 0 Å². The molecule has 0 spiro atoms. The lowest BCUT2D eigenvalue weighted by molar-refractivity contribution is 0.464. The van der Waals surface area contributed by atoms with Crippen molar-refractivity contribution in [3.63, 3.8) is 0 Å². The molecule has 0 aliphatic carbocycles. The monoisotopic (exact) mass is 707 g/mol. The van der Waals surface area contributed by atoms with E-state index in [1.54, 1.807) is 0 Å². The van der Waals surface area contributed by atoms with Gasteiger partial charge in [-0.05, 0) is 91.7 Å². The number of aryl methyl sites for hydroxylation is 1. The summed E-state index contributed by atoms with van der Waals surface area (Å²) in [6.45, 7) is 8.96. The van der Waals surface area contributed by atoms with Crippen molar-refractivity contribution in [2.45, 2.75) is 33.1 Å². The van der Waals surface area contributed by atoms with Gasteiger partial charge in [0.25, 0.3) is 6.71 Å². The Labute approximate surface area is 321 Å². The highest BCUT2D eigenvalue weighted by Crippen LogP contribution is 2.43. The van der Waals surface area contributed by atoms with Gasteiger partial charge in [0.15, 0.2) is 0 Å². The van der Waals surface area contributed by atoms with Crippen LogP contribution in [0.4, 0.5) is 0 Å². The summed E-state index contributed by atoms with van der Waals surface area (Å²) < 4.78 is 16.5. The summed E-state index contributed by atoms with van der Waals surface area (Å²) in [5.41, 5.74) is 14.0. The normalized spacial score (nSPS) is 13.0. The van der Waals surface area contributed by atoms with Gasteiger partial charge in [-0.1, -0.05) is 142 Å². The number of ether oxygens (including phenoxy) is 2. The summed E-state index contributed by atoms with van der Waals surface area (Å²) in [5, 5.41) is 4.95. The average Bonchev–Trinajstić information content (AvgIpc) is 3.55. The molecule has 3 heterocycles. The van der Waals surface area contributed by atoms with E-state index < -0.39 is 0 Å². The number of hydrogen-bond donors (Lipinski definition) is 0. The number of para-hydroxylation sites is 1. The highest BCUT2D eigenvalue weighted by atomic mass is 16.5. The Morgan fingerprint density at radius 2 is 1.11 bits per heavy atom. The molecule has 0 bridgehead atoms. The van der Waals surface area contributed by atoms with Crippen LogP contribution < -0.4 is 25.9 Å². The maximum absolute atomic E-state index is 7.08. The largest absolute Gasteiger partial charge is 0.458 e. The van der Waals surface area contributed by atoms with E-state index in [1.165, 1.54) is 43.8 Å². The molecule has 0 N–H and O–H groups in total. The van der Waals surface area contributed by atoms with Crippen LogP contribution in [0.15, 0.2) is 158 Å². The van der Waals surface area contributed by atoms with Crippen molar-refractivity contribution in [3.05, 3.63) is 169 Å². The van der Waals surface area contributed by atoms with E-state index in [2.05, 4.69) is 190 Å². The number of nitrogens with zero attached hydrogens (tertiary/aromatic N) is 1. The molecule has 55 heavy (non-hydrogen) atoms. The molecule has 1 aromatic heterocycles. The van der Waals surface area contributed by atoms with Crippen LogP contribution in [-0.2, 0) is 5.41 Å². The van der Waals surface area contributed by atoms with Crippen LogP contribution >= 0.6 is 0 Å². The summed E-state index contributed by atoms with van der Waals surface area (Å²) >= 11 is 0. The molecule has 3 nitrogen and oxygen atoms in total. The molecule has 0 unspecified atom stereocenters. The predicted molar refractivity (Wildman–Crippen MR) is 230 cm³/mol. The minimum absolute atomic E-state index is 0.00808. The van der Waals surface area contributed by atoms with E-state index in [-0.39, 0.29) is 12.1 Å². The molecule has 11 rings (SSSR count).